The summed E-state index contributed by atoms with van der Waals surface area (Å²) in [5.41, 5.74) is 3.26. The van der Waals surface area contributed by atoms with Gasteiger partial charge in [0.1, 0.15) is 23.7 Å². The van der Waals surface area contributed by atoms with Gasteiger partial charge in [0.25, 0.3) is 24.3 Å². The minimum Gasteiger partial charge on any atom is -0.480 e. The van der Waals surface area contributed by atoms with Gasteiger partial charge in [0.05, 0.1) is 24.9 Å². The number of ether oxygens (including phenoxy) is 2. The molecule has 4 unspecified atom stereocenters. The van der Waals surface area contributed by atoms with Gasteiger partial charge in [-0.05, 0) is 12.2 Å². The number of nitrogens with one attached hydrogen (secondary N) is 1. The zero-order valence-corrected chi connectivity index (χ0v) is 17.3. The first-order valence-corrected chi connectivity index (χ1v) is 9.96. The van der Waals surface area contributed by atoms with Crippen molar-refractivity contribution < 1.29 is 36.2 Å². The van der Waals surface area contributed by atoms with Gasteiger partial charge in [0, 0.05) is 30.9 Å². The molecule has 1 aromatic heterocycles. The number of carbonyl (C=O) groups excluding carboxylic acids is 1. The lowest BCUT2D eigenvalue weighted by atomic mass is 9.63. The second-order valence-corrected chi connectivity index (χ2v) is 8.10. The van der Waals surface area contributed by atoms with Crippen LogP contribution in [0.15, 0.2) is 41.1 Å². The molecule has 3 N–H and O–H groups in total. The first-order valence-electron chi connectivity index (χ1n) is 9.96. The van der Waals surface area contributed by atoms with Crippen molar-refractivity contribution in [2.75, 3.05) is 7.11 Å². The van der Waals surface area contributed by atoms with E-state index in [1.165, 1.54) is 19.4 Å². The fourth-order valence-corrected chi connectivity index (χ4v) is 4.73. The molecule has 3 aliphatic rings. The van der Waals surface area contributed by atoms with E-state index in [0.717, 1.165) is 12.3 Å². The van der Waals surface area contributed by atoms with Gasteiger partial charge in [-0.2, -0.15) is 0 Å². The molecule has 1 aliphatic heterocycles. The van der Waals surface area contributed by atoms with Crippen LogP contribution in [0.4, 0.5) is 22.0 Å². The quantitative estimate of drug-likeness (QED) is 0.651. The summed E-state index contributed by atoms with van der Waals surface area (Å²) in [6.45, 7) is 0. The molecule has 1 aromatic rings. The number of fused-ring (bicyclic) bond motifs is 2. The Labute approximate surface area is 184 Å². The number of methoxy groups -OCH3 is 1. The number of nitrogens with two attached hydrogens (primary N) is 1. The minimum atomic E-state index is -3.27. The Morgan fingerprint density at radius 1 is 1.27 bits per heavy atom. The Bertz CT molecular complexity index is 1030. The van der Waals surface area contributed by atoms with Gasteiger partial charge in [-0.25, -0.2) is 36.9 Å². The van der Waals surface area contributed by atoms with Crippen LogP contribution in [0.3, 0.4) is 0 Å². The van der Waals surface area contributed by atoms with E-state index in [0.29, 0.717) is 0 Å². The summed E-state index contributed by atoms with van der Waals surface area (Å²) in [4.78, 5) is 24.0. The van der Waals surface area contributed by atoms with Crippen LogP contribution in [-0.4, -0.2) is 53.5 Å². The zero-order valence-electron chi connectivity index (χ0n) is 17.3. The van der Waals surface area contributed by atoms with Crippen LogP contribution < -0.4 is 15.8 Å². The summed E-state index contributed by atoms with van der Waals surface area (Å²) >= 11 is 0. The number of hydrogen-bond acceptors (Lipinski definition) is 7. The van der Waals surface area contributed by atoms with Crippen LogP contribution >= 0.6 is 0 Å². The Kier molecular flexibility index (Phi) is 5.74. The summed E-state index contributed by atoms with van der Waals surface area (Å²) in [6.07, 6.45) is -2.42. The standard InChI is InChI=1S/C20H20F5N5O3/c1-32-14-8-27-11(7-28-14)17(31)29-9-2-3-13(21)20(4-9)10-5-19(24,25)6-12(10)33-18(26)30-15(20)16(22)23/h2-3,7-8,10,12,15-16H,4-6H2,1H3,(H2,26,30)(H,29,31). The van der Waals surface area contributed by atoms with E-state index in [-0.39, 0.29) is 17.3 Å². The number of halogens is 5. The lowest BCUT2D eigenvalue weighted by molar-refractivity contribution is -0.0216. The lowest BCUT2D eigenvalue weighted by Gasteiger charge is -2.43. The van der Waals surface area contributed by atoms with Gasteiger partial charge < -0.3 is 20.5 Å². The van der Waals surface area contributed by atoms with Gasteiger partial charge in [-0.1, -0.05) is 0 Å². The van der Waals surface area contributed by atoms with Gasteiger partial charge in [0.2, 0.25) is 5.88 Å². The fraction of sp³-hybridized carbons (Fsp3) is 0.500. The summed E-state index contributed by atoms with van der Waals surface area (Å²) < 4.78 is 82.3. The first-order chi connectivity index (χ1) is 15.6. The topological polar surface area (TPSA) is 112 Å². The Morgan fingerprint density at radius 2 is 2.03 bits per heavy atom. The Balaban J connectivity index is 1.69. The maximum absolute atomic E-state index is 15.4. The summed E-state index contributed by atoms with van der Waals surface area (Å²) in [5.74, 6) is -6.28. The predicted molar refractivity (Wildman–Crippen MR) is 104 cm³/mol. The molecule has 178 valence electrons. The van der Waals surface area contributed by atoms with Crippen molar-refractivity contribution >= 4 is 11.9 Å². The number of carbonyl (C=O) groups is 1. The maximum atomic E-state index is 15.4. The maximum Gasteiger partial charge on any atom is 0.282 e. The highest BCUT2D eigenvalue weighted by Crippen LogP contribution is 2.59. The molecule has 8 nitrogen and oxygen atoms in total. The van der Waals surface area contributed by atoms with Crippen molar-refractivity contribution in [3.63, 3.8) is 0 Å². The molecule has 0 radical (unpaired) electrons. The lowest BCUT2D eigenvalue weighted by Crippen LogP contribution is -2.49. The summed E-state index contributed by atoms with van der Waals surface area (Å²) in [6, 6.07) is -2.80. The Hall–Kier alpha value is -3.25. The molecule has 13 heteroatoms. The normalized spacial score (nSPS) is 30.5. The molecular formula is C20H20F5N5O3. The van der Waals surface area contributed by atoms with E-state index in [9.17, 15) is 22.4 Å². The molecular weight excluding hydrogens is 453 g/mol. The van der Waals surface area contributed by atoms with Crippen LogP contribution in [0, 0.1) is 11.3 Å². The number of aromatic nitrogens is 2. The van der Waals surface area contributed by atoms with Crippen molar-refractivity contribution in [2.45, 2.75) is 43.8 Å². The monoisotopic (exact) mass is 473 g/mol. The molecule has 1 fully saturated rings. The fourth-order valence-electron chi connectivity index (χ4n) is 4.73. The second-order valence-electron chi connectivity index (χ2n) is 8.10. The minimum absolute atomic E-state index is 0.0225. The van der Waals surface area contributed by atoms with E-state index in [1.807, 2.05) is 0 Å². The van der Waals surface area contributed by atoms with E-state index in [2.05, 4.69) is 20.3 Å². The molecule has 0 saturated heterocycles. The van der Waals surface area contributed by atoms with Crippen molar-refractivity contribution in [1.29, 1.82) is 0 Å². The Morgan fingerprint density at radius 3 is 2.67 bits per heavy atom. The highest BCUT2D eigenvalue weighted by atomic mass is 19.3. The number of nitrogens with zero attached hydrogens (tertiary/aromatic N) is 3. The second kappa shape index (κ2) is 8.27. The zero-order chi connectivity index (χ0) is 24.0. The van der Waals surface area contributed by atoms with Crippen LogP contribution in [-0.2, 0) is 4.74 Å². The molecule has 4 atom stereocenters. The largest absolute Gasteiger partial charge is 0.480 e. The number of amides is 1. The summed E-state index contributed by atoms with van der Waals surface area (Å²) in [5, 5.41) is 2.47. The number of hydrogen-bond donors (Lipinski definition) is 2. The predicted octanol–water partition coefficient (Wildman–Crippen LogP) is 2.73. The van der Waals surface area contributed by atoms with Gasteiger partial charge in [-0.15, -0.1) is 0 Å². The van der Waals surface area contributed by atoms with E-state index >= 15 is 4.39 Å². The molecule has 0 aromatic carbocycles. The molecule has 2 heterocycles. The first kappa shape index (κ1) is 22.9. The molecule has 1 amide bonds. The van der Waals surface area contributed by atoms with Gasteiger partial charge in [-0.3, -0.25) is 4.79 Å². The highest BCUT2D eigenvalue weighted by molar-refractivity contribution is 5.93. The van der Waals surface area contributed by atoms with E-state index in [1.54, 1.807) is 0 Å². The molecule has 33 heavy (non-hydrogen) atoms. The van der Waals surface area contributed by atoms with E-state index < -0.39 is 72.8 Å². The van der Waals surface area contributed by atoms with E-state index in [4.69, 9.17) is 15.2 Å². The molecule has 1 saturated carbocycles. The smallest absolute Gasteiger partial charge is 0.282 e. The number of rotatable bonds is 4. The molecule has 0 bridgehead atoms. The number of amidine groups is 1. The van der Waals surface area contributed by atoms with Crippen LogP contribution in [0.1, 0.15) is 29.8 Å². The van der Waals surface area contributed by atoms with Gasteiger partial charge >= 0.3 is 0 Å². The SMILES string of the molecule is COc1cnc(C(=O)NC2=CC=C(F)C3(C2)C2CC(F)(F)CC2OC(N)=NC3C(F)F)cn1. The number of aliphatic imine (C=N–C) groups is 1. The van der Waals surface area contributed by atoms with Crippen molar-refractivity contribution in [1.82, 2.24) is 15.3 Å². The third-order valence-corrected chi connectivity index (χ3v) is 6.14. The van der Waals surface area contributed by atoms with Crippen molar-refractivity contribution in [3.05, 3.63) is 41.8 Å². The molecule has 2 aliphatic carbocycles. The van der Waals surface area contributed by atoms with Gasteiger partial charge in [0.15, 0.2) is 0 Å². The number of alkyl halides is 4. The number of allylic oxidation sites excluding steroid dienone is 3. The van der Waals surface area contributed by atoms with Crippen LogP contribution in [0.5, 0.6) is 5.88 Å². The third-order valence-electron chi connectivity index (χ3n) is 6.14. The van der Waals surface area contributed by atoms with Crippen LogP contribution in [0.25, 0.3) is 0 Å². The molecule has 4 rings (SSSR count). The summed E-state index contributed by atoms with van der Waals surface area (Å²) in [7, 11) is 1.36. The molecule has 1 spiro atoms. The van der Waals surface area contributed by atoms with Crippen LogP contribution in [0.2, 0.25) is 0 Å². The van der Waals surface area contributed by atoms with Crippen molar-refractivity contribution in [3.8, 4) is 5.88 Å². The third kappa shape index (κ3) is 4.11. The average molecular weight is 473 g/mol. The highest BCUT2D eigenvalue weighted by Gasteiger charge is 2.64. The van der Waals surface area contributed by atoms with Crippen molar-refractivity contribution in [2.24, 2.45) is 22.1 Å². The average Bonchev–Trinajstić information content (AvgIpc) is 3.02.